The topological polar surface area (TPSA) is 9.23 Å². The van der Waals surface area contributed by atoms with Gasteiger partial charge in [0.1, 0.15) is 5.44 Å². The van der Waals surface area contributed by atoms with E-state index in [-0.39, 0.29) is 0 Å². The van der Waals surface area contributed by atoms with Crippen molar-refractivity contribution in [2.75, 3.05) is 0 Å². The van der Waals surface area contributed by atoms with Gasteiger partial charge in [0.05, 0.1) is 6.10 Å². The van der Waals surface area contributed by atoms with Gasteiger partial charge >= 0.3 is 0 Å². The zero-order valence-corrected chi connectivity index (χ0v) is 11.8. The summed E-state index contributed by atoms with van der Waals surface area (Å²) in [5.74, 6) is 2.16. The largest absolute Gasteiger partial charge is 0.364 e. The van der Waals surface area contributed by atoms with Crippen LogP contribution in [0.15, 0.2) is 0 Å². The molecule has 1 aliphatic rings. The van der Waals surface area contributed by atoms with E-state index in [2.05, 4.69) is 41.5 Å². The number of ether oxygens (including phenoxy) is 1. The van der Waals surface area contributed by atoms with Crippen LogP contribution in [0.4, 0.5) is 0 Å². The van der Waals surface area contributed by atoms with Gasteiger partial charge in [0.25, 0.3) is 0 Å². The number of thioether (sulfide) groups is 1. The van der Waals surface area contributed by atoms with Crippen molar-refractivity contribution in [3.8, 4) is 0 Å². The summed E-state index contributed by atoms with van der Waals surface area (Å²) in [6.45, 7) is 13.8. The van der Waals surface area contributed by atoms with Crippen LogP contribution >= 0.6 is 11.8 Å². The Bertz CT molecular complexity index is 191. The Kier molecular flexibility index (Phi) is 4.98. The van der Waals surface area contributed by atoms with E-state index in [1.54, 1.807) is 0 Å². The molecule has 5 atom stereocenters. The second-order valence-electron chi connectivity index (χ2n) is 5.21. The third-order valence-corrected chi connectivity index (χ3v) is 5.14. The molecular weight excluding hydrogens is 204 g/mol. The van der Waals surface area contributed by atoms with E-state index in [0.29, 0.717) is 28.6 Å². The number of hydrogen-bond donors (Lipinski definition) is 0. The minimum atomic E-state index is 0.404. The Labute approximate surface area is 99.3 Å². The molecule has 0 bridgehead atoms. The zero-order valence-electron chi connectivity index (χ0n) is 11.0. The molecule has 1 aliphatic heterocycles. The summed E-state index contributed by atoms with van der Waals surface area (Å²) in [7, 11) is 0. The third-order valence-electron chi connectivity index (χ3n) is 3.79. The molecule has 1 fully saturated rings. The smallest absolute Gasteiger partial charge is 0.106 e. The predicted octanol–water partition coefficient (Wildman–Crippen LogP) is 4.17. The molecule has 0 aromatic rings. The quantitative estimate of drug-likeness (QED) is 0.719. The van der Waals surface area contributed by atoms with Crippen molar-refractivity contribution >= 4 is 11.8 Å². The number of hydrogen-bond acceptors (Lipinski definition) is 2. The zero-order chi connectivity index (χ0) is 11.6. The van der Waals surface area contributed by atoms with Gasteiger partial charge in [-0.25, -0.2) is 0 Å². The van der Waals surface area contributed by atoms with Gasteiger partial charge < -0.3 is 4.74 Å². The first kappa shape index (κ1) is 13.4. The van der Waals surface area contributed by atoms with Crippen LogP contribution in [-0.2, 0) is 4.74 Å². The molecule has 0 amide bonds. The Morgan fingerprint density at radius 1 is 1.07 bits per heavy atom. The maximum absolute atomic E-state index is 6.20. The predicted molar refractivity (Wildman–Crippen MR) is 69.2 cm³/mol. The van der Waals surface area contributed by atoms with Gasteiger partial charge in [0, 0.05) is 5.25 Å². The molecule has 0 aromatic heterocycles. The maximum Gasteiger partial charge on any atom is 0.106 e. The van der Waals surface area contributed by atoms with Crippen molar-refractivity contribution in [1.82, 2.24) is 0 Å². The highest BCUT2D eigenvalue weighted by Gasteiger charge is 2.38. The molecule has 90 valence electrons. The molecule has 2 unspecified atom stereocenters. The molecule has 1 rings (SSSR count). The second-order valence-corrected chi connectivity index (χ2v) is 6.89. The monoisotopic (exact) mass is 230 g/mol. The summed E-state index contributed by atoms with van der Waals surface area (Å²) in [6.07, 6.45) is 1.61. The summed E-state index contributed by atoms with van der Waals surface area (Å²) in [4.78, 5) is 0. The first-order chi connectivity index (χ1) is 6.97. The van der Waals surface area contributed by atoms with E-state index < -0.39 is 0 Å². The number of rotatable bonds is 3. The Morgan fingerprint density at radius 3 is 2.13 bits per heavy atom. The lowest BCUT2D eigenvalue weighted by atomic mass is 9.79. The lowest BCUT2D eigenvalue weighted by Gasteiger charge is -2.43. The fraction of sp³-hybridized carbons (Fsp3) is 1.00. The highest BCUT2D eigenvalue weighted by molar-refractivity contribution is 8.00. The Morgan fingerprint density at radius 2 is 1.67 bits per heavy atom. The van der Waals surface area contributed by atoms with E-state index in [9.17, 15) is 0 Å². The molecule has 1 saturated heterocycles. The van der Waals surface area contributed by atoms with Crippen LogP contribution in [0.5, 0.6) is 0 Å². The summed E-state index contributed by atoms with van der Waals surface area (Å²) in [5, 5.41) is 0.663. The lowest BCUT2D eigenvalue weighted by molar-refractivity contribution is -0.0946. The van der Waals surface area contributed by atoms with E-state index in [1.165, 1.54) is 0 Å². The van der Waals surface area contributed by atoms with Crippen LogP contribution in [0.2, 0.25) is 0 Å². The molecule has 0 N–H and O–H groups in total. The average Bonchev–Trinajstić information content (AvgIpc) is 2.18. The SMILES string of the molecule is CCC1O[C@H](SC(C)C)C(C)[C@H](C)[C@@H]1C. The van der Waals surface area contributed by atoms with Crippen molar-refractivity contribution in [2.45, 2.75) is 64.8 Å². The standard InChI is InChI=1S/C13H26OS/c1-7-12-10(5)9(4)11(6)13(14-12)15-8(2)3/h8-13H,7H2,1-6H3/t9-,10+,11?,12?,13-/m1/s1. The van der Waals surface area contributed by atoms with Gasteiger partial charge in [-0.05, 0) is 24.2 Å². The Balaban J connectivity index is 2.65. The van der Waals surface area contributed by atoms with Gasteiger partial charge in [-0.1, -0.05) is 41.5 Å². The van der Waals surface area contributed by atoms with Gasteiger partial charge in [0.2, 0.25) is 0 Å². The summed E-state index contributed by atoms with van der Waals surface area (Å²) in [5.41, 5.74) is 0.404. The van der Waals surface area contributed by atoms with Gasteiger partial charge in [-0.3, -0.25) is 0 Å². The summed E-state index contributed by atoms with van der Waals surface area (Å²) >= 11 is 1.99. The maximum atomic E-state index is 6.20. The minimum Gasteiger partial charge on any atom is -0.364 e. The molecule has 0 aliphatic carbocycles. The van der Waals surface area contributed by atoms with Crippen LogP contribution in [0.25, 0.3) is 0 Å². The van der Waals surface area contributed by atoms with Crippen molar-refractivity contribution in [3.63, 3.8) is 0 Å². The molecule has 2 heteroatoms. The summed E-state index contributed by atoms with van der Waals surface area (Å²) < 4.78 is 6.20. The first-order valence-corrected chi connectivity index (χ1v) is 7.22. The highest BCUT2D eigenvalue weighted by Crippen LogP contribution is 2.41. The van der Waals surface area contributed by atoms with Crippen LogP contribution in [0.1, 0.15) is 48.0 Å². The van der Waals surface area contributed by atoms with E-state index in [4.69, 9.17) is 4.74 Å². The van der Waals surface area contributed by atoms with Crippen molar-refractivity contribution in [1.29, 1.82) is 0 Å². The fourth-order valence-electron chi connectivity index (χ4n) is 2.38. The molecule has 1 heterocycles. The molecule has 0 aromatic carbocycles. The van der Waals surface area contributed by atoms with E-state index >= 15 is 0 Å². The molecule has 15 heavy (non-hydrogen) atoms. The summed E-state index contributed by atoms with van der Waals surface area (Å²) in [6, 6.07) is 0. The van der Waals surface area contributed by atoms with Gasteiger partial charge in [-0.15, -0.1) is 11.8 Å². The molecule has 0 spiro atoms. The third kappa shape index (κ3) is 3.13. The second kappa shape index (κ2) is 5.58. The van der Waals surface area contributed by atoms with Crippen molar-refractivity contribution in [2.24, 2.45) is 17.8 Å². The van der Waals surface area contributed by atoms with E-state index in [1.807, 2.05) is 11.8 Å². The normalized spacial score (nSPS) is 42.2. The van der Waals surface area contributed by atoms with Gasteiger partial charge in [-0.2, -0.15) is 0 Å². The van der Waals surface area contributed by atoms with Crippen LogP contribution < -0.4 is 0 Å². The average molecular weight is 230 g/mol. The molecular formula is C13H26OS. The lowest BCUT2D eigenvalue weighted by Crippen LogP contribution is -2.43. The van der Waals surface area contributed by atoms with Crippen molar-refractivity contribution < 1.29 is 4.74 Å². The molecule has 0 radical (unpaired) electrons. The van der Waals surface area contributed by atoms with Crippen LogP contribution in [0.3, 0.4) is 0 Å². The molecule has 0 saturated carbocycles. The first-order valence-electron chi connectivity index (χ1n) is 6.28. The van der Waals surface area contributed by atoms with Crippen LogP contribution in [0, 0.1) is 17.8 Å². The minimum absolute atomic E-state index is 0.404. The van der Waals surface area contributed by atoms with Crippen LogP contribution in [-0.4, -0.2) is 16.8 Å². The van der Waals surface area contributed by atoms with Crippen molar-refractivity contribution in [3.05, 3.63) is 0 Å². The molecule has 1 nitrogen and oxygen atoms in total. The van der Waals surface area contributed by atoms with Gasteiger partial charge in [0.15, 0.2) is 0 Å². The highest BCUT2D eigenvalue weighted by atomic mass is 32.2. The Hall–Kier alpha value is 0.310. The van der Waals surface area contributed by atoms with E-state index in [0.717, 1.165) is 12.3 Å². The fourth-order valence-corrected chi connectivity index (χ4v) is 3.62.